The average molecular weight is 407 g/mol. The van der Waals surface area contributed by atoms with Crippen molar-refractivity contribution >= 4 is 16.8 Å². The zero-order chi connectivity index (χ0) is 21.3. The van der Waals surface area contributed by atoms with Gasteiger partial charge in [0, 0.05) is 13.1 Å². The van der Waals surface area contributed by atoms with Crippen LogP contribution in [0, 0.1) is 0 Å². The molecule has 0 spiro atoms. The highest BCUT2D eigenvalue weighted by atomic mass is 16.5. The second-order valence-corrected chi connectivity index (χ2v) is 7.45. The number of ether oxygens (including phenoxy) is 1. The van der Waals surface area contributed by atoms with Gasteiger partial charge in [0.05, 0.1) is 24.1 Å². The number of carbonyl (C=O) groups is 1. The fourth-order valence-corrected chi connectivity index (χ4v) is 4.27. The summed E-state index contributed by atoms with van der Waals surface area (Å²) in [6, 6.07) is 14.7. The van der Waals surface area contributed by atoms with Crippen molar-refractivity contribution in [1.82, 2.24) is 14.0 Å². The van der Waals surface area contributed by atoms with Gasteiger partial charge in [0.1, 0.15) is 12.3 Å². The number of aromatic nitrogens is 2. The second kappa shape index (κ2) is 8.18. The summed E-state index contributed by atoms with van der Waals surface area (Å²) in [6.07, 6.45) is 1.79. The number of likely N-dealkylation sites (tertiary alicyclic amines) is 1. The Balaban J connectivity index is 1.69. The molecule has 1 saturated heterocycles. The third-order valence-electron chi connectivity index (χ3n) is 5.82. The molecular weight excluding hydrogens is 382 g/mol. The first-order valence-electron chi connectivity index (χ1n) is 10.2. The highest BCUT2D eigenvalue weighted by Crippen LogP contribution is 2.33. The summed E-state index contributed by atoms with van der Waals surface area (Å²) in [6.45, 7) is 2.57. The minimum absolute atomic E-state index is 0.0255. The summed E-state index contributed by atoms with van der Waals surface area (Å²) in [5.74, 6) is 0.649. The van der Waals surface area contributed by atoms with Crippen LogP contribution in [-0.4, -0.2) is 33.6 Å². The first kappa shape index (κ1) is 19.9. The highest BCUT2D eigenvalue weighted by Gasteiger charge is 2.30. The molecule has 1 aliphatic rings. The lowest BCUT2D eigenvalue weighted by atomic mass is 10.0. The van der Waals surface area contributed by atoms with Crippen molar-refractivity contribution in [3.63, 3.8) is 0 Å². The van der Waals surface area contributed by atoms with Crippen LogP contribution in [0.4, 0.5) is 0 Å². The van der Waals surface area contributed by atoms with E-state index in [1.165, 1.54) is 9.13 Å². The number of methoxy groups -OCH3 is 1. The molecule has 2 heterocycles. The maximum atomic E-state index is 13.3. The van der Waals surface area contributed by atoms with Gasteiger partial charge >= 0.3 is 5.69 Å². The molecule has 0 radical (unpaired) electrons. The molecule has 1 amide bonds. The molecule has 0 N–H and O–H groups in total. The van der Waals surface area contributed by atoms with E-state index in [2.05, 4.69) is 0 Å². The molecule has 0 aliphatic carbocycles. The van der Waals surface area contributed by atoms with Crippen molar-refractivity contribution in [3.8, 4) is 5.75 Å². The van der Waals surface area contributed by atoms with Gasteiger partial charge in [-0.15, -0.1) is 0 Å². The first-order valence-corrected chi connectivity index (χ1v) is 10.2. The summed E-state index contributed by atoms with van der Waals surface area (Å²) in [4.78, 5) is 40.7. The number of nitrogens with zero attached hydrogens (tertiary/aromatic N) is 3. The van der Waals surface area contributed by atoms with Gasteiger partial charge in [0.15, 0.2) is 0 Å². The van der Waals surface area contributed by atoms with Crippen molar-refractivity contribution in [3.05, 3.63) is 74.9 Å². The van der Waals surface area contributed by atoms with Crippen LogP contribution in [0.2, 0.25) is 0 Å². The van der Waals surface area contributed by atoms with E-state index in [4.69, 9.17) is 4.74 Å². The predicted molar refractivity (Wildman–Crippen MR) is 115 cm³/mol. The number of rotatable bonds is 5. The summed E-state index contributed by atoms with van der Waals surface area (Å²) in [7, 11) is 1.62. The molecule has 0 bridgehead atoms. The van der Waals surface area contributed by atoms with Gasteiger partial charge in [-0.25, -0.2) is 4.79 Å². The van der Waals surface area contributed by atoms with Crippen LogP contribution in [0.1, 0.15) is 31.4 Å². The maximum Gasteiger partial charge on any atom is 0.331 e. The molecule has 0 saturated carbocycles. The number of benzene rings is 2. The summed E-state index contributed by atoms with van der Waals surface area (Å²) in [5.41, 5.74) is 0.775. The molecule has 1 aliphatic heterocycles. The van der Waals surface area contributed by atoms with Gasteiger partial charge < -0.3 is 9.64 Å². The van der Waals surface area contributed by atoms with E-state index in [1.807, 2.05) is 29.2 Å². The van der Waals surface area contributed by atoms with E-state index in [-0.39, 0.29) is 30.6 Å². The van der Waals surface area contributed by atoms with Crippen LogP contribution in [0.25, 0.3) is 10.9 Å². The predicted octanol–water partition coefficient (Wildman–Crippen LogP) is 2.56. The Morgan fingerprint density at radius 3 is 2.50 bits per heavy atom. The lowest BCUT2D eigenvalue weighted by Crippen LogP contribution is -2.43. The Kier molecular flexibility index (Phi) is 5.44. The summed E-state index contributed by atoms with van der Waals surface area (Å²) >= 11 is 0. The first-order chi connectivity index (χ1) is 14.5. The second-order valence-electron chi connectivity index (χ2n) is 7.45. The van der Waals surface area contributed by atoms with Gasteiger partial charge in [-0.3, -0.25) is 18.7 Å². The van der Waals surface area contributed by atoms with Crippen molar-refractivity contribution in [2.24, 2.45) is 0 Å². The van der Waals surface area contributed by atoms with Crippen molar-refractivity contribution in [2.75, 3.05) is 13.7 Å². The SMILES string of the molecule is CCn1c(=O)c2ccccc2n(CC(=O)N2CCCC2c2ccc(OC)cc2)c1=O. The number of hydrogen-bond acceptors (Lipinski definition) is 4. The Morgan fingerprint density at radius 2 is 1.80 bits per heavy atom. The molecule has 3 aromatic rings. The van der Waals surface area contributed by atoms with Crippen LogP contribution in [0.5, 0.6) is 5.75 Å². The van der Waals surface area contributed by atoms with Crippen LogP contribution in [-0.2, 0) is 17.9 Å². The van der Waals surface area contributed by atoms with Gasteiger partial charge in [0.2, 0.25) is 5.91 Å². The Hall–Kier alpha value is -3.35. The molecule has 7 heteroatoms. The lowest BCUT2D eigenvalue weighted by molar-refractivity contribution is -0.132. The number of fused-ring (bicyclic) bond motifs is 1. The summed E-state index contributed by atoms with van der Waals surface area (Å²) < 4.78 is 7.83. The largest absolute Gasteiger partial charge is 0.497 e. The molecule has 30 heavy (non-hydrogen) atoms. The third kappa shape index (κ3) is 3.40. The maximum absolute atomic E-state index is 13.3. The Labute approximate surface area is 174 Å². The van der Waals surface area contributed by atoms with E-state index < -0.39 is 5.69 Å². The zero-order valence-electron chi connectivity index (χ0n) is 17.2. The molecule has 7 nitrogen and oxygen atoms in total. The molecule has 4 rings (SSSR count). The van der Waals surface area contributed by atoms with Crippen LogP contribution in [0.3, 0.4) is 0 Å². The average Bonchev–Trinajstić information content (AvgIpc) is 3.27. The van der Waals surface area contributed by atoms with E-state index in [0.29, 0.717) is 17.4 Å². The van der Waals surface area contributed by atoms with E-state index in [1.54, 1.807) is 38.3 Å². The van der Waals surface area contributed by atoms with Crippen LogP contribution >= 0.6 is 0 Å². The van der Waals surface area contributed by atoms with Crippen LogP contribution < -0.4 is 16.0 Å². The van der Waals surface area contributed by atoms with Gasteiger partial charge in [0.25, 0.3) is 5.56 Å². The fourth-order valence-electron chi connectivity index (χ4n) is 4.27. The third-order valence-corrected chi connectivity index (χ3v) is 5.82. The quantitative estimate of drug-likeness (QED) is 0.652. The van der Waals surface area contributed by atoms with Crippen LogP contribution in [0.15, 0.2) is 58.1 Å². The van der Waals surface area contributed by atoms with E-state index in [0.717, 1.165) is 24.2 Å². The molecular formula is C23H25N3O4. The van der Waals surface area contributed by atoms with Gasteiger partial charge in [-0.1, -0.05) is 24.3 Å². The van der Waals surface area contributed by atoms with Gasteiger partial charge in [-0.05, 0) is 49.6 Å². The minimum Gasteiger partial charge on any atom is -0.497 e. The highest BCUT2D eigenvalue weighted by molar-refractivity contribution is 5.82. The monoisotopic (exact) mass is 407 g/mol. The number of carbonyl (C=O) groups excluding carboxylic acids is 1. The molecule has 1 aromatic heterocycles. The molecule has 2 aromatic carbocycles. The normalized spacial score (nSPS) is 16.2. The smallest absolute Gasteiger partial charge is 0.331 e. The number of amides is 1. The fraction of sp³-hybridized carbons (Fsp3) is 0.348. The van der Waals surface area contributed by atoms with Crippen molar-refractivity contribution in [2.45, 2.75) is 38.9 Å². The van der Waals surface area contributed by atoms with Gasteiger partial charge in [-0.2, -0.15) is 0 Å². The van der Waals surface area contributed by atoms with E-state index in [9.17, 15) is 14.4 Å². The number of hydrogen-bond donors (Lipinski definition) is 0. The van der Waals surface area contributed by atoms with Crippen molar-refractivity contribution < 1.29 is 9.53 Å². The zero-order valence-corrected chi connectivity index (χ0v) is 17.2. The standard InChI is InChI=1S/C23H25N3O4/c1-3-24-22(28)18-7-4-5-8-20(18)26(23(24)29)15-21(27)25-14-6-9-19(25)16-10-12-17(30-2)13-11-16/h4-5,7-8,10-13,19H,3,6,9,14-15H2,1-2H3. The van der Waals surface area contributed by atoms with Crippen molar-refractivity contribution in [1.29, 1.82) is 0 Å². The minimum atomic E-state index is -0.449. The topological polar surface area (TPSA) is 73.5 Å². The lowest BCUT2D eigenvalue weighted by Gasteiger charge is -2.26. The molecule has 156 valence electrons. The van der Waals surface area contributed by atoms with E-state index >= 15 is 0 Å². The Morgan fingerprint density at radius 1 is 1.07 bits per heavy atom. The number of para-hydroxylation sites is 1. The summed E-state index contributed by atoms with van der Waals surface area (Å²) in [5, 5.41) is 0.444. The molecule has 1 atom stereocenters. The molecule has 1 unspecified atom stereocenters. The molecule has 1 fully saturated rings. The Bertz CT molecular complexity index is 1190.